The molecule has 0 amide bonds. The van der Waals surface area contributed by atoms with Crippen molar-refractivity contribution in [2.45, 2.75) is 43.8 Å². The van der Waals surface area contributed by atoms with Crippen LogP contribution in [0.3, 0.4) is 0 Å². The van der Waals surface area contributed by atoms with Crippen molar-refractivity contribution >= 4 is 22.3 Å². The molecule has 0 spiro atoms. The van der Waals surface area contributed by atoms with Crippen molar-refractivity contribution in [3.05, 3.63) is 38.3 Å². The van der Waals surface area contributed by atoms with Gasteiger partial charge in [-0.25, -0.2) is 18.0 Å². The number of aromatic amines is 1. The molecule has 1 saturated heterocycles. The molecule has 1 saturated carbocycles. The maximum absolute atomic E-state index is 15.6. The molecule has 2 unspecified atom stereocenters. The minimum absolute atomic E-state index is 0.0555. The van der Waals surface area contributed by atoms with E-state index in [1.165, 1.54) is 16.6 Å². The van der Waals surface area contributed by atoms with Crippen LogP contribution < -0.4 is 26.6 Å². The topological polar surface area (TPSA) is 114 Å². The Labute approximate surface area is 180 Å². The molecule has 32 heavy (non-hydrogen) atoms. The van der Waals surface area contributed by atoms with Gasteiger partial charge in [-0.2, -0.15) is 0 Å². The van der Waals surface area contributed by atoms with Gasteiger partial charge in [0, 0.05) is 31.5 Å². The van der Waals surface area contributed by atoms with Crippen LogP contribution in [0.2, 0.25) is 0 Å². The Hall–Kier alpha value is -2.95. The van der Waals surface area contributed by atoms with Crippen molar-refractivity contribution in [2.75, 3.05) is 30.8 Å². The van der Waals surface area contributed by atoms with Crippen LogP contribution in [0.25, 0.3) is 10.9 Å². The van der Waals surface area contributed by atoms with Crippen molar-refractivity contribution < 1.29 is 23.0 Å². The number of aliphatic hydroxyl groups is 1. The second-order valence-corrected chi connectivity index (χ2v) is 8.70. The van der Waals surface area contributed by atoms with Crippen LogP contribution in [0.4, 0.5) is 24.5 Å². The number of ether oxygens (including phenoxy) is 1. The monoisotopic (exact) mass is 452 g/mol. The van der Waals surface area contributed by atoms with Gasteiger partial charge in [0.15, 0.2) is 11.6 Å². The van der Waals surface area contributed by atoms with Gasteiger partial charge >= 0.3 is 5.69 Å². The number of fused-ring (bicyclic) bond motifs is 2. The number of halogens is 3. The number of nitrogens with zero attached hydrogens (tertiary/aromatic N) is 2. The predicted octanol–water partition coefficient (Wildman–Crippen LogP) is 1.91. The third kappa shape index (κ3) is 2.94. The fourth-order valence-electron chi connectivity index (χ4n) is 4.97. The summed E-state index contributed by atoms with van der Waals surface area (Å²) in [4.78, 5) is 28.7. The summed E-state index contributed by atoms with van der Waals surface area (Å²) >= 11 is 0. The van der Waals surface area contributed by atoms with Gasteiger partial charge in [0.25, 0.3) is 11.5 Å². The van der Waals surface area contributed by atoms with Crippen LogP contribution in [-0.2, 0) is 0 Å². The summed E-state index contributed by atoms with van der Waals surface area (Å²) in [5, 5.41) is 10.1. The molecule has 2 heterocycles. The maximum Gasteiger partial charge on any atom is 0.329 e. The van der Waals surface area contributed by atoms with E-state index in [1.54, 1.807) is 6.08 Å². The van der Waals surface area contributed by atoms with Crippen LogP contribution in [0, 0.1) is 11.7 Å². The molecule has 2 aromatic rings. The first kappa shape index (κ1) is 20.9. The summed E-state index contributed by atoms with van der Waals surface area (Å²) in [5.41, 5.74) is 4.66. The predicted molar refractivity (Wildman–Crippen MR) is 112 cm³/mol. The standard InChI is InChI=1S/C21H23F3N4O4/c1-32-17-15-12(19(30)26-20(31)28(15)10-4-5-10)14(25)13(22)16(17)27-7-9-3-2-6-21(23,24)18(29)11(9)8-27/h3,10-11,18,29H,2,4-8,25H2,1H3,(H,26,30,31). The van der Waals surface area contributed by atoms with E-state index in [-0.39, 0.29) is 47.9 Å². The van der Waals surface area contributed by atoms with Gasteiger partial charge in [0.05, 0.1) is 18.2 Å². The largest absolute Gasteiger partial charge is 0.492 e. The number of allylic oxidation sites excluding steroid dienone is 1. The highest BCUT2D eigenvalue weighted by Gasteiger charge is 2.49. The van der Waals surface area contributed by atoms with E-state index in [0.29, 0.717) is 18.4 Å². The lowest BCUT2D eigenvalue weighted by molar-refractivity contribution is -0.124. The van der Waals surface area contributed by atoms with Gasteiger partial charge in [-0.15, -0.1) is 0 Å². The average Bonchev–Trinajstić information content (AvgIpc) is 3.49. The fourth-order valence-corrected chi connectivity index (χ4v) is 4.97. The van der Waals surface area contributed by atoms with Gasteiger partial charge in [-0.05, 0) is 24.8 Å². The van der Waals surface area contributed by atoms with Crippen molar-refractivity contribution in [3.63, 3.8) is 0 Å². The number of nitrogens with one attached hydrogen (secondary N) is 1. The lowest BCUT2D eigenvalue weighted by atomic mass is 9.94. The molecule has 11 heteroatoms. The Bertz CT molecular complexity index is 1260. The second kappa shape index (κ2) is 7.03. The van der Waals surface area contributed by atoms with Crippen molar-refractivity contribution in [2.24, 2.45) is 5.92 Å². The maximum atomic E-state index is 15.6. The summed E-state index contributed by atoms with van der Waals surface area (Å²) in [5.74, 6) is -5.14. The van der Waals surface area contributed by atoms with Crippen LogP contribution in [-0.4, -0.2) is 46.9 Å². The first-order valence-corrected chi connectivity index (χ1v) is 10.5. The SMILES string of the molecule is COc1c(N2CC3=CCCC(F)(F)C(O)C3C2)c(F)c(N)c2c(=O)[nH]c(=O)n(C3CC3)c12. The van der Waals surface area contributed by atoms with Crippen LogP contribution in [0.15, 0.2) is 21.2 Å². The number of aromatic nitrogens is 2. The van der Waals surface area contributed by atoms with E-state index in [9.17, 15) is 23.5 Å². The number of anilines is 2. The van der Waals surface area contributed by atoms with Gasteiger partial charge in [0.2, 0.25) is 0 Å². The molecule has 8 nitrogen and oxygen atoms in total. The Morgan fingerprint density at radius 2 is 2.03 bits per heavy atom. The molecule has 2 atom stereocenters. The molecule has 5 rings (SSSR count). The Kier molecular flexibility index (Phi) is 4.59. The van der Waals surface area contributed by atoms with Crippen LogP contribution in [0.1, 0.15) is 31.7 Å². The van der Waals surface area contributed by atoms with Crippen LogP contribution in [0.5, 0.6) is 5.75 Å². The van der Waals surface area contributed by atoms with Gasteiger partial charge in [-0.1, -0.05) is 6.08 Å². The third-order valence-electron chi connectivity index (χ3n) is 6.69. The molecule has 172 valence electrons. The molecule has 2 fully saturated rings. The van der Waals surface area contributed by atoms with Crippen molar-refractivity contribution in [1.29, 1.82) is 0 Å². The first-order valence-electron chi connectivity index (χ1n) is 10.5. The molecular formula is C21H23F3N4O4. The van der Waals surface area contributed by atoms with E-state index in [2.05, 4.69) is 4.98 Å². The number of hydrogen-bond donors (Lipinski definition) is 3. The van der Waals surface area contributed by atoms with Crippen molar-refractivity contribution in [3.8, 4) is 5.75 Å². The number of rotatable bonds is 3. The highest BCUT2D eigenvalue weighted by atomic mass is 19.3. The quantitative estimate of drug-likeness (QED) is 0.484. The van der Waals surface area contributed by atoms with Gasteiger partial charge < -0.3 is 20.5 Å². The molecule has 1 aliphatic heterocycles. The Morgan fingerprint density at radius 3 is 2.69 bits per heavy atom. The number of alkyl halides is 2. The van der Waals surface area contributed by atoms with Gasteiger partial charge in [-0.3, -0.25) is 14.3 Å². The average molecular weight is 452 g/mol. The van der Waals surface area contributed by atoms with E-state index in [0.717, 1.165) is 0 Å². The zero-order chi connectivity index (χ0) is 22.9. The lowest BCUT2D eigenvalue weighted by Crippen LogP contribution is -2.40. The normalized spacial score (nSPS) is 24.9. The highest BCUT2D eigenvalue weighted by molar-refractivity contribution is 6.00. The zero-order valence-corrected chi connectivity index (χ0v) is 17.3. The number of methoxy groups -OCH3 is 1. The number of nitrogen functional groups attached to an aromatic ring is 1. The summed E-state index contributed by atoms with van der Waals surface area (Å²) in [6.45, 7) is 0.00452. The smallest absolute Gasteiger partial charge is 0.329 e. The lowest BCUT2D eigenvalue weighted by Gasteiger charge is -2.27. The summed E-state index contributed by atoms with van der Waals surface area (Å²) in [6.07, 6.45) is 0.813. The summed E-state index contributed by atoms with van der Waals surface area (Å²) in [6, 6.07) is -0.179. The second-order valence-electron chi connectivity index (χ2n) is 8.70. The molecule has 1 aromatic carbocycles. The molecule has 3 aliphatic rings. The molecule has 0 radical (unpaired) electrons. The van der Waals surface area contributed by atoms with E-state index in [1.807, 2.05) is 0 Å². The number of benzene rings is 1. The number of aliphatic hydroxyl groups excluding tert-OH is 1. The zero-order valence-electron chi connectivity index (χ0n) is 17.3. The van der Waals surface area contributed by atoms with Crippen LogP contribution >= 0.6 is 0 Å². The molecule has 0 bridgehead atoms. The fraction of sp³-hybridized carbons (Fsp3) is 0.524. The van der Waals surface area contributed by atoms with Gasteiger partial charge in [0.1, 0.15) is 17.3 Å². The number of hydrogen-bond acceptors (Lipinski definition) is 6. The third-order valence-corrected chi connectivity index (χ3v) is 6.69. The van der Waals surface area contributed by atoms with E-state index >= 15 is 4.39 Å². The molecule has 2 aliphatic carbocycles. The minimum atomic E-state index is -3.26. The van der Waals surface area contributed by atoms with E-state index in [4.69, 9.17) is 10.5 Å². The highest BCUT2D eigenvalue weighted by Crippen LogP contribution is 2.48. The molecule has 1 aromatic heterocycles. The summed E-state index contributed by atoms with van der Waals surface area (Å²) in [7, 11) is 1.28. The van der Waals surface area contributed by atoms with E-state index < -0.39 is 47.1 Å². The Balaban J connectivity index is 1.73. The molecular weight excluding hydrogens is 429 g/mol. The number of nitrogens with two attached hydrogens (primary N) is 1. The summed E-state index contributed by atoms with van der Waals surface area (Å²) < 4.78 is 50.9. The number of H-pyrrole nitrogens is 1. The first-order chi connectivity index (χ1) is 15.2. The minimum Gasteiger partial charge on any atom is -0.492 e. The van der Waals surface area contributed by atoms with Crippen molar-refractivity contribution in [1.82, 2.24) is 9.55 Å². The molecule has 4 N–H and O–H groups in total. The Morgan fingerprint density at radius 1 is 1.31 bits per heavy atom.